The van der Waals surface area contributed by atoms with Gasteiger partial charge in [0.25, 0.3) is 5.78 Å². The van der Waals surface area contributed by atoms with Crippen molar-refractivity contribution in [1.82, 2.24) is 19.6 Å². The summed E-state index contributed by atoms with van der Waals surface area (Å²) in [4.78, 5) is 20.4. The largest absolute Gasteiger partial charge is 0.462 e. The lowest BCUT2D eigenvalue weighted by Crippen LogP contribution is -2.11. The minimum Gasteiger partial charge on any atom is -0.462 e. The van der Waals surface area contributed by atoms with E-state index in [2.05, 4.69) is 15.1 Å². The predicted octanol–water partition coefficient (Wildman–Crippen LogP) is 2.81. The van der Waals surface area contributed by atoms with Crippen LogP contribution in [0.1, 0.15) is 34.0 Å². The first kappa shape index (κ1) is 16.9. The number of esters is 1. The van der Waals surface area contributed by atoms with Crippen LogP contribution >= 0.6 is 0 Å². The van der Waals surface area contributed by atoms with Gasteiger partial charge in [-0.15, -0.1) is 5.10 Å². The van der Waals surface area contributed by atoms with Gasteiger partial charge in [-0.25, -0.2) is 23.1 Å². The Kier molecular flexibility index (Phi) is 4.69. The molecule has 0 radical (unpaired) electrons. The summed E-state index contributed by atoms with van der Waals surface area (Å²) in [5.41, 5.74) is 1.09. The Bertz CT molecular complexity index is 920. The van der Waals surface area contributed by atoms with E-state index >= 15 is 0 Å². The second kappa shape index (κ2) is 6.92. The molecule has 0 fully saturated rings. The van der Waals surface area contributed by atoms with Gasteiger partial charge in [-0.05, 0) is 38.5 Å². The Morgan fingerprint density at radius 3 is 2.64 bits per heavy atom. The van der Waals surface area contributed by atoms with E-state index in [-0.39, 0.29) is 6.61 Å². The molecule has 2 heterocycles. The third-order valence-corrected chi connectivity index (χ3v) is 3.61. The van der Waals surface area contributed by atoms with Gasteiger partial charge in [-0.2, -0.15) is 4.98 Å². The molecule has 25 heavy (non-hydrogen) atoms. The fraction of sp³-hybridized carbons (Fsp3) is 0.294. The first-order valence-corrected chi connectivity index (χ1v) is 7.77. The van der Waals surface area contributed by atoms with Gasteiger partial charge in [0.1, 0.15) is 17.2 Å². The Hall–Kier alpha value is -2.90. The van der Waals surface area contributed by atoms with Crippen molar-refractivity contribution in [3.63, 3.8) is 0 Å². The van der Waals surface area contributed by atoms with Crippen LogP contribution in [0.5, 0.6) is 0 Å². The quantitative estimate of drug-likeness (QED) is 0.525. The zero-order valence-corrected chi connectivity index (χ0v) is 13.8. The van der Waals surface area contributed by atoms with E-state index in [4.69, 9.17) is 4.74 Å². The van der Waals surface area contributed by atoms with Crippen molar-refractivity contribution in [2.75, 3.05) is 6.61 Å². The van der Waals surface area contributed by atoms with Crippen LogP contribution in [0.3, 0.4) is 0 Å². The van der Waals surface area contributed by atoms with E-state index < -0.39 is 23.2 Å². The molecule has 0 atom stereocenters. The van der Waals surface area contributed by atoms with E-state index in [0.717, 1.165) is 23.5 Å². The van der Waals surface area contributed by atoms with Gasteiger partial charge in [0, 0.05) is 17.8 Å². The van der Waals surface area contributed by atoms with Gasteiger partial charge in [0.05, 0.1) is 6.61 Å². The minimum absolute atomic E-state index is 0.00754. The zero-order valence-electron chi connectivity index (χ0n) is 13.8. The predicted molar refractivity (Wildman–Crippen MR) is 85.2 cm³/mol. The summed E-state index contributed by atoms with van der Waals surface area (Å²) in [6.07, 6.45) is 0.881. The van der Waals surface area contributed by atoms with Crippen LogP contribution in [-0.4, -0.2) is 32.2 Å². The highest BCUT2D eigenvalue weighted by Gasteiger charge is 2.18. The molecular weight excluding hydrogens is 330 g/mol. The van der Waals surface area contributed by atoms with Crippen LogP contribution in [0, 0.1) is 25.5 Å². The maximum absolute atomic E-state index is 13.5. The monoisotopic (exact) mass is 346 g/mol. The van der Waals surface area contributed by atoms with Crippen LogP contribution in [0.25, 0.3) is 5.78 Å². The molecule has 0 saturated heterocycles. The smallest absolute Gasteiger partial charge is 0.344 e. The summed E-state index contributed by atoms with van der Waals surface area (Å²) in [6.45, 7) is 3.79. The Labute approximate surface area is 142 Å². The number of halogens is 2. The molecule has 0 saturated carbocycles. The van der Waals surface area contributed by atoms with E-state index in [1.54, 1.807) is 4.52 Å². The lowest BCUT2D eigenvalue weighted by atomic mass is 10.2. The SMILES string of the molecule is Cc1cc(C)n2nc(CCCOC(=O)c3c(F)cccc3F)nc2n1. The van der Waals surface area contributed by atoms with Gasteiger partial charge in [-0.1, -0.05) is 6.07 Å². The number of hydrogen-bond acceptors (Lipinski definition) is 5. The lowest BCUT2D eigenvalue weighted by molar-refractivity contribution is 0.0489. The van der Waals surface area contributed by atoms with Crippen molar-refractivity contribution in [2.24, 2.45) is 0 Å². The van der Waals surface area contributed by atoms with E-state index in [1.807, 2.05) is 19.9 Å². The van der Waals surface area contributed by atoms with Gasteiger partial charge >= 0.3 is 5.97 Å². The average molecular weight is 346 g/mol. The molecule has 130 valence electrons. The molecule has 8 heteroatoms. The van der Waals surface area contributed by atoms with Crippen molar-refractivity contribution < 1.29 is 18.3 Å². The molecule has 0 bridgehead atoms. The van der Waals surface area contributed by atoms with Crippen LogP contribution in [-0.2, 0) is 11.2 Å². The first-order valence-electron chi connectivity index (χ1n) is 7.77. The average Bonchev–Trinajstić information content (AvgIpc) is 2.94. The standard InChI is InChI=1S/C17H16F2N4O2/c1-10-9-11(2)23-17(20-10)21-14(22-23)7-4-8-25-16(24)15-12(18)5-3-6-13(15)19/h3,5-6,9H,4,7-8H2,1-2H3. The Morgan fingerprint density at radius 1 is 1.20 bits per heavy atom. The van der Waals surface area contributed by atoms with E-state index in [1.165, 1.54) is 6.07 Å². The number of nitrogens with zero attached hydrogens (tertiary/aromatic N) is 4. The summed E-state index contributed by atoms with van der Waals surface area (Å²) in [7, 11) is 0. The summed E-state index contributed by atoms with van der Waals surface area (Å²) in [5.74, 6) is -1.83. The number of ether oxygens (including phenoxy) is 1. The lowest BCUT2D eigenvalue weighted by Gasteiger charge is -2.05. The molecule has 3 aromatic rings. The molecular formula is C17H16F2N4O2. The Balaban J connectivity index is 1.58. The highest BCUT2D eigenvalue weighted by molar-refractivity contribution is 5.89. The molecule has 3 rings (SSSR count). The fourth-order valence-electron chi connectivity index (χ4n) is 2.47. The third kappa shape index (κ3) is 3.62. The van der Waals surface area contributed by atoms with Gasteiger partial charge in [-0.3, -0.25) is 0 Å². The van der Waals surface area contributed by atoms with Gasteiger partial charge in [0.15, 0.2) is 5.82 Å². The van der Waals surface area contributed by atoms with Crippen LogP contribution < -0.4 is 0 Å². The van der Waals surface area contributed by atoms with Gasteiger partial charge in [0.2, 0.25) is 0 Å². The van der Waals surface area contributed by atoms with E-state index in [9.17, 15) is 13.6 Å². The molecule has 1 aromatic carbocycles. The fourth-order valence-corrected chi connectivity index (χ4v) is 2.47. The molecule has 0 amide bonds. The molecule has 2 aromatic heterocycles. The summed E-state index contributed by atoms with van der Waals surface area (Å²) < 4.78 is 33.6. The maximum atomic E-state index is 13.5. The zero-order chi connectivity index (χ0) is 18.0. The molecule has 0 N–H and O–H groups in total. The number of carbonyl (C=O) groups excluding carboxylic acids is 1. The number of fused-ring (bicyclic) bond motifs is 1. The number of aryl methyl sites for hydroxylation is 3. The van der Waals surface area contributed by atoms with Crippen LogP contribution in [0.4, 0.5) is 8.78 Å². The number of carbonyl (C=O) groups is 1. The topological polar surface area (TPSA) is 69.4 Å². The summed E-state index contributed by atoms with van der Waals surface area (Å²) in [5, 5.41) is 4.34. The van der Waals surface area contributed by atoms with Crippen molar-refractivity contribution in [1.29, 1.82) is 0 Å². The molecule has 0 aliphatic carbocycles. The number of aromatic nitrogens is 4. The second-order valence-electron chi connectivity index (χ2n) is 5.61. The summed E-state index contributed by atoms with van der Waals surface area (Å²) in [6, 6.07) is 5.11. The number of rotatable bonds is 5. The highest BCUT2D eigenvalue weighted by Crippen LogP contribution is 2.13. The molecule has 0 aliphatic heterocycles. The van der Waals surface area contributed by atoms with Crippen LogP contribution in [0.2, 0.25) is 0 Å². The molecule has 0 unspecified atom stereocenters. The van der Waals surface area contributed by atoms with Gasteiger partial charge < -0.3 is 4.74 Å². The first-order chi connectivity index (χ1) is 12.0. The number of hydrogen-bond donors (Lipinski definition) is 0. The second-order valence-corrected chi connectivity index (χ2v) is 5.61. The maximum Gasteiger partial charge on any atom is 0.344 e. The van der Waals surface area contributed by atoms with Crippen molar-refractivity contribution >= 4 is 11.7 Å². The number of benzene rings is 1. The minimum atomic E-state index is -1.02. The van der Waals surface area contributed by atoms with E-state index in [0.29, 0.717) is 24.4 Å². The van der Waals surface area contributed by atoms with Crippen molar-refractivity contribution in [3.8, 4) is 0 Å². The highest BCUT2D eigenvalue weighted by atomic mass is 19.1. The molecule has 0 aliphatic rings. The Morgan fingerprint density at radius 2 is 1.92 bits per heavy atom. The third-order valence-electron chi connectivity index (χ3n) is 3.61. The normalized spacial score (nSPS) is 11.0. The molecule has 0 spiro atoms. The van der Waals surface area contributed by atoms with Crippen LogP contribution in [0.15, 0.2) is 24.3 Å². The molecule has 6 nitrogen and oxygen atoms in total. The van der Waals surface area contributed by atoms with Crippen molar-refractivity contribution in [2.45, 2.75) is 26.7 Å². The summed E-state index contributed by atoms with van der Waals surface area (Å²) >= 11 is 0. The van der Waals surface area contributed by atoms with Crippen molar-refractivity contribution in [3.05, 3.63) is 58.7 Å².